The van der Waals surface area contributed by atoms with Gasteiger partial charge in [-0.25, -0.2) is 8.42 Å². The Labute approximate surface area is 113 Å². The number of benzene rings is 1. The molecule has 0 spiro atoms. The van der Waals surface area contributed by atoms with Gasteiger partial charge in [-0.1, -0.05) is 6.92 Å². The molecule has 2 N–H and O–H groups in total. The lowest BCUT2D eigenvalue weighted by Gasteiger charge is -2.06. The predicted octanol–water partition coefficient (Wildman–Crippen LogP) is 1.58. The molecule has 0 saturated heterocycles. The highest BCUT2D eigenvalue weighted by molar-refractivity contribution is 7.91. The summed E-state index contributed by atoms with van der Waals surface area (Å²) in [6.45, 7) is 1.67. The van der Waals surface area contributed by atoms with E-state index in [-0.39, 0.29) is 23.2 Å². The minimum atomic E-state index is -3.20. The molecule has 0 aliphatic carbocycles. The second-order valence-corrected chi connectivity index (χ2v) is 6.43. The maximum absolute atomic E-state index is 11.6. The van der Waals surface area contributed by atoms with Crippen LogP contribution < -0.4 is 5.32 Å². The Morgan fingerprint density at radius 1 is 1.21 bits per heavy atom. The third-order valence-electron chi connectivity index (χ3n) is 2.69. The summed E-state index contributed by atoms with van der Waals surface area (Å²) in [7, 11) is -3.20. The van der Waals surface area contributed by atoms with Crippen molar-refractivity contribution in [1.82, 2.24) is 0 Å². The fourth-order valence-corrected chi connectivity index (χ4v) is 2.42. The van der Waals surface area contributed by atoms with E-state index in [2.05, 4.69) is 5.32 Å². The summed E-state index contributed by atoms with van der Waals surface area (Å²) in [6.07, 6.45) is 1.57. The molecule has 0 atom stereocenters. The SMILES string of the molecule is CCS(=O)(=O)c1ccc(NC(=O)CCCCO)cc1. The molecule has 0 saturated carbocycles. The van der Waals surface area contributed by atoms with Gasteiger partial charge in [0.25, 0.3) is 0 Å². The van der Waals surface area contributed by atoms with E-state index in [1.54, 1.807) is 19.1 Å². The molecule has 0 fully saturated rings. The van der Waals surface area contributed by atoms with Crippen molar-refractivity contribution in [1.29, 1.82) is 0 Å². The number of carbonyl (C=O) groups is 1. The van der Waals surface area contributed by atoms with Gasteiger partial charge in [0.05, 0.1) is 10.6 Å². The van der Waals surface area contributed by atoms with Crippen molar-refractivity contribution in [2.75, 3.05) is 17.7 Å². The predicted molar refractivity (Wildman–Crippen MR) is 73.7 cm³/mol. The third-order valence-corrected chi connectivity index (χ3v) is 4.44. The average Bonchev–Trinajstić information content (AvgIpc) is 2.39. The monoisotopic (exact) mass is 285 g/mol. The highest BCUT2D eigenvalue weighted by Gasteiger charge is 2.11. The molecule has 0 unspecified atom stereocenters. The molecular weight excluding hydrogens is 266 g/mol. The quantitative estimate of drug-likeness (QED) is 0.745. The summed E-state index contributed by atoms with van der Waals surface area (Å²) < 4.78 is 23.2. The van der Waals surface area contributed by atoms with Crippen LogP contribution in [-0.4, -0.2) is 31.8 Å². The van der Waals surface area contributed by atoms with Crippen molar-refractivity contribution >= 4 is 21.4 Å². The number of unbranched alkanes of at least 4 members (excludes halogenated alkanes) is 1. The van der Waals surface area contributed by atoms with Crippen molar-refractivity contribution in [2.45, 2.75) is 31.1 Å². The zero-order valence-corrected chi connectivity index (χ0v) is 11.7. The van der Waals surface area contributed by atoms with Crippen LogP contribution in [0.4, 0.5) is 5.69 Å². The molecule has 106 valence electrons. The van der Waals surface area contributed by atoms with Crippen LogP contribution in [0, 0.1) is 0 Å². The van der Waals surface area contributed by atoms with Crippen LogP contribution in [0.25, 0.3) is 0 Å². The minimum absolute atomic E-state index is 0.0554. The zero-order chi connectivity index (χ0) is 14.3. The molecule has 0 aliphatic rings. The summed E-state index contributed by atoms with van der Waals surface area (Å²) in [4.78, 5) is 11.8. The normalized spacial score (nSPS) is 11.3. The molecule has 0 bridgehead atoms. The van der Waals surface area contributed by atoms with E-state index >= 15 is 0 Å². The number of hydrogen-bond acceptors (Lipinski definition) is 4. The van der Waals surface area contributed by atoms with E-state index in [1.807, 2.05) is 0 Å². The standard InChI is InChI=1S/C13H19NO4S/c1-2-19(17,18)12-8-6-11(7-9-12)14-13(16)5-3-4-10-15/h6-9,15H,2-5,10H2,1H3,(H,14,16). The number of rotatable bonds is 7. The Morgan fingerprint density at radius 2 is 1.84 bits per heavy atom. The molecular formula is C13H19NO4S. The molecule has 19 heavy (non-hydrogen) atoms. The van der Waals surface area contributed by atoms with Gasteiger partial charge in [-0.05, 0) is 37.1 Å². The third kappa shape index (κ3) is 5.00. The van der Waals surface area contributed by atoms with Gasteiger partial charge in [0, 0.05) is 18.7 Å². The zero-order valence-electron chi connectivity index (χ0n) is 10.9. The number of sulfone groups is 1. The van der Waals surface area contributed by atoms with Gasteiger partial charge in [-0.15, -0.1) is 0 Å². The van der Waals surface area contributed by atoms with Gasteiger partial charge in [0.15, 0.2) is 9.84 Å². The first-order chi connectivity index (χ1) is 8.99. The minimum Gasteiger partial charge on any atom is -0.396 e. The number of carbonyl (C=O) groups excluding carboxylic acids is 1. The van der Waals surface area contributed by atoms with Crippen molar-refractivity contribution in [3.63, 3.8) is 0 Å². The topological polar surface area (TPSA) is 83.5 Å². The first-order valence-corrected chi connectivity index (χ1v) is 7.88. The molecule has 6 heteroatoms. The van der Waals surface area contributed by atoms with E-state index in [1.165, 1.54) is 12.1 Å². The van der Waals surface area contributed by atoms with E-state index in [9.17, 15) is 13.2 Å². The summed E-state index contributed by atoms with van der Waals surface area (Å²) >= 11 is 0. The van der Waals surface area contributed by atoms with Crippen LogP contribution >= 0.6 is 0 Å². The molecule has 0 aromatic heterocycles. The maximum Gasteiger partial charge on any atom is 0.224 e. The average molecular weight is 285 g/mol. The van der Waals surface area contributed by atoms with Crippen LogP contribution in [0.5, 0.6) is 0 Å². The van der Waals surface area contributed by atoms with Gasteiger partial charge >= 0.3 is 0 Å². The number of amides is 1. The van der Waals surface area contributed by atoms with E-state index in [0.717, 1.165) is 0 Å². The Hall–Kier alpha value is -1.40. The van der Waals surface area contributed by atoms with Crippen LogP contribution in [-0.2, 0) is 14.6 Å². The van der Waals surface area contributed by atoms with Gasteiger partial charge in [-0.3, -0.25) is 4.79 Å². The Morgan fingerprint density at radius 3 is 2.37 bits per heavy atom. The summed E-state index contributed by atoms with van der Waals surface area (Å²) in [5.41, 5.74) is 0.573. The molecule has 5 nitrogen and oxygen atoms in total. The van der Waals surface area contributed by atoms with Gasteiger partial charge in [0.1, 0.15) is 0 Å². The van der Waals surface area contributed by atoms with Crippen LogP contribution in [0.1, 0.15) is 26.2 Å². The van der Waals surface area contributed by atoms with Crippen LogP contribution in [0.3, 0.4) is 0 Å². The van der Waals surface area contributed by atoms with Gasteiger partial charge in [0.2, 0.25) is 5.91 Å². The number of nitrogens with one attached hydrogen (secondary N) is 1. The highest BCUT2D eigenvalue weighted by Crippen LogP contribution is 2.15. The van der Waals surface area contributed by atoms with Crippen LogP contribution in [0.15, 0.2) is 29.2 Å². The highest BCUT2D eigenvalue weighted by atomic mass is 32.2. The van der Waals surface area contributed by atoms with Crippen molar-refractivity contribution in [3.05, 3.63) is 24.3 Å². The Bertz CT molecular complexity index is 508. The number of aliphatic hydroxyl groups excluding tert-OH is 1. The number of aliphatic hydroxyl groups is 1. The summed E-state index contributed by atoms with van der Waals surface area (Å²) in [6, 6.07) is 6.13. The Balaban J connectivity index is 2.60. The fourth-order valence-electron chi connectivity index (χ4n) is 1.53. The number of hydrogen-bond donors (Lipinski definition) is 2. The van der Waals surface area contributed by atoms with E-state index < -0.39 is 9.84 Å². The molecule has 1 aromatic rings. The van der Waals surface area contributed by atoms with Crippen molar-refractivity contribution in [3.8, 4) is 0 Å². The lowest BCUT2D eigenvalue weighted by atomic mass is 10.2. The Kier molecular flexibility index (Phi) is 5.98. The van der Waals surface area contributed by atoms with E-state index in [4.69, 9.17) is 5.11 Å². The lowest BCUT2D eigenvalue weighted by molar-refractivity contribution is -0.116. The van der Waals surface area contributed by atoms with Crippen molar-refractivity contribution < 1.29 is 18.3 Å². The number of anilines is 1. The van der Waals surface area contributed by atoms with Crippen molar-refractivity contribution in [2.24, 2.45) is 0 Å². The van der Waals surface area contributed by atoms with Crippen LogP contribution in [0.2, 0.25) is 0 Å². The molecule has 1 amide bonds. The fraction of sp³-hybridized carbons (Fsp3) is 0.462. The van der Waals surface area contributed by atoms with Gasteiger partial charge in [-0.2, -0.15) is 0 Å². The van der Waals surface area contributed by atoms with E-state index in [0.29, 0.717) is 24.9 Å². The summed E-state index contributed by atoms with van der Waals surface area (Å²) in [5, 5.41) is 11.3. The molecule has 0 heterocycles. The maximum atomic E-state index is 11.6. The molecule has 0 aliphatic heterocycles. The largest absolute Gasteiger partial charge is 0.396 e. The smallest absolute Gasteiger partial charge is 0.224 e. The molecule has 1 aromatic carbocycles. The molecule has 1 rings (SSSR count). The van der Waals surface area contributed by atoms with Gasteiger partial charge < -0.3 is 10.4 Å². The molecule has 0 radical (unpaired) electrons. The first kappa shape index (κ1) is 15.7. The first-order valence-electron chi connectivity index (χ1n) is 6.23. The second kappa shape index (κ2) is 7.25. The summed E-state index contributed by atoms with van der Waals surface area (Å²) in [5.74, 6) is -0.0839. The lowest BCUT2D eigenvalue weighted by Crippen LogP contribution is -2.11. The second-order valence-electron chi connectivity index (χ2n) is 4.16.